The quantitative estimate of drug-likeness (QED) is 0.641. The van der Waals surface area contributed by atoms with Gasteiger partial charge in [0.25, 0.3) is 0 Å². The van der Waals surface area contributed by atoms with E-state index in [2.05, 4.69) is 31.3 Å². The topological polar surface area (TPSA) is 38.3 Å². The molecule has 3 nitrogen and oxygen atoms in total. The van der Waals surface area contributed by atoms with Crippen molar-refractivity contribution in [2.75, 3.05) is 12.4 Å². The van der Waals surface area contributed by atoms with E-state index in [-0.39, 0.29) is 11.8 Å². The first-order chi connectivity index (χ1) is 12.5. The maximum absolute atomic E-state index is 12.8. The molecule has 3 rings (SSSR count). The number of para-hydroxylation sites is 1. The van der Waals surface area contributed by atoms with Crippen LogP contribution in [0, 0.1) is 0 Å². The third kappa shape index (κ3) is 3.72. The normalized spacial score (nSPS) is 12.2. The summed E-state index contributed by atoms with van der Waals surface area (Å²) in [6.07, 6.45) is 0. The molecule has 26 heavy (non-hydrogen) atoms. The van der Waals surface area contributed by atoms with Crippen molar-refractivity contribution in [2.24, 2.45) is 0 Å². The summed E-state index contributed by atoms with van der Waals surface area (Å²) in [5.74, 6) is 0.964. The van der Waals surface area contributed by atoms with Gasteiger partial charge in [-0.1, -0.05) is 56.3 Å². The largest absolute Gasteiger partial charge is 0.497 e. The lowest BCUT2D eigenvalue weighted by atomic mass is 9.96. The number of hydrogen-bond acceptors (Lipinski definition) is 2. The molecule has 134 valence electrons. The fraction of sp³-hybridized carbons (Fsp3) is 0.261. The Morgan fingerprint density at radius 2 is 1.62 bits per heavy atom. The van der Waals surface area contributed by atoms with Crippen LogP contribution in [0.5, 0.6) is 5.75 Å². The molecule has 0 aliphatic carbocycles. The number of nitrogens with one attached hydrogen (secondary N) is 1. The van der Waals surface area contributed by atoms with Crippen LogP contribution < -0.4 is 10.1 Å². The minimum Gasteiger partial charge on any atom is -0.497 e. The van der Waals surface area contributed by atoms with Gasteiger partial charge in [0.15, 0.2) is 0 Å². The van der Waals surface area contributed by atoms with E-state index >= 15 is 0 Å². The second-order valence-electron chi connectivity index (χ2n) is 6.93. The number of rotatable bonds is 5. The van der Waals surface area contributed by atoms with Gasteiger partial charge in [0, 0.05) is 5.69 Å². The van der Waals surface area contributed by atoms with Gasteiger partial charge in [-0.25, -0.2) is 0 Å². The van der Waals surface area contributed by atoms with Crippen LogP contribution in [0.3, 0.4) is 0 Å². The van der Waals surface area contributed by atoms with E-state index in [9.17, 15) is 4.79 Å². The second kappa shape index (κ2) is 7.61. The van der Waals surface area contributed by atoms with Crippen molar-refractivity contribution in [3.63, 3.8) is 0 Å². The molecule has 0 saturated carbocycles. The number of carbonyl (C=O) groups is 1. The van der Waals surface area contributed by atoms with E-state index in [4.69, 9.17) is 4.74 Å². The first-order valence-electron chi connectivity index (χ1n) is 8.97. The Bertz CT molecular complexity index is 930. The van der Waals surface area contributed by atoms with E-state index in [1.165, 1.54) is 0 Å². The Morgan fingerprint density at radius 3 is 2.35 bits per heavy atom. The first-order valence-corrected chi connectivity index (χ1v) is 8.97. The van der Waals surface area contributed by atoms with Crippen LogP contribution in [0.1, 0.15) is 43.7 Å². The van der Waals surface area contributed by atoms with Gasteiger partial charge in [0.05, 0.1) is 13.0 Å². The number of amides is 1. The van der Waals surface area contributed by atoms with Crippen LogP contribution >= 0.6 is 0 Å². The molecule has 1 amide bonds. The summed E-state index contributed by atoms with van der Waals surface area (Å²) in [5.41, 5.74) is 3.05. The lowest BCUT2D eigenvalue weighted by molar-refractivity contribution is -0.117. The van der Waals surface area contributed by atoms with Crippen molar-refractivity contribution >= 4 is 22.4 Å². The molecule has 0 heterocycles. The maximum atomic E-state index is 12.8. The molecule has 0 aliphatic rings. The summed E-state index contributed by atoms with van der Waals surface area (Å²) in [6, 6.07) is 20.1. The maximum Gasteiger partial charge on any atom is 0.231 e. The van der Waals surface area contributed by atoms with Crippen LogP contribution in [-0.2, 0) is 4.79 Å². The van der Waals surface area contributed by atoms with Gasteiger partial charge in [-0.2, -0.15) is 0 Å². The summed E-state index contributed by atoms with van der Waals surface area (Å²) in [4.78, 5) is 12.8. The Labute approximate surface area is 155 Å². The summed E-state index contributed by atoms with van der Waals surface area (Å²) in [7, 11) is 1.66. The average Bonchev–Trinajstić information content (AvgIpc) is 2.66. The lowest BCUT2D eigenvalue weighted by Crippen LogP contribution is -2.19. The Hall–Kier alpha value is -2.81. The molecule has 0 unspecified atom stereocenters. The molecular formula is C23H25NO2. The summed E-state index contributed by atoms with van der Waals surface area (Å²) in [5, 5.41) is 5.30. The SMILES string of the molecule is COc1ccc2cc([C@H](C)C(=O)Nc3ccccc3C(C)C)ccc2c1. The highest BCUT2D eigenvalue weighted by Gasteiger charge is 2.17. The zero-order valence-corrected chi connectivity index (χ0v) is 15.7. The summed E-state index contributed by atoms with van der Waals surface area (Å²) in [6.45, 7) is 6.20. The number of hydrogen-bond donors (Lipinski definition) is 1. The van der Waals surface area contributed by atoms with Gasteiger partial charge >= 0.3 is 0 Å². The van der Waals surface area contributed by atoms with Crippen molar-refractivity contribution in [1.82, 2.24) is 0 Å². The van der Waals surface area contributed by atoms with Gasteiger partial charge in [-0.05, 0) is 52.9 Å². The van der Waals surface area contributed by atoms with Gasteiger partial charge in [-0.15, -0.1) is 0 Å². The fourth-order valence-electron chi connectivity index (χ4n) is 3.15. The van der Waals surface area contributed by atoms with Gasteiger partial charge in [0.2, 0.25) is 5.91 Å². The van der Waals surface area contributed by atoms with Crippen LogP contribution in [0.25, 0.3) is 10.8 Å². The van der Waals surface area contributed by atoms with Gasteiger partial charge in [0.1, 0.15) is 5.75 Å². The summed E-state index contributed by atoms with van der Waals surface area (Å²) >= 11 is 0. The third-order valence-electron chi connectivity index (χ3n) is 4.81. The molecule has 0 spiro atoms. The zero-order valence-electron chi connectivity index (χ0n) is 15.7. The number of methoxy groups -OCH3 is 1. The molecule has 0 radical (unpaired) electrons. The van der Waals surface area contributed by atoms with Crippen molar-refractivity contribution in [1.29, 1.82) is 0 Å². The number of fused-ring (bicyclic) bond motifs is 1. The molecule has 3 heteroatoms. The van der Waals surface area contributed by atoms with E-state index in [0.29, 0.717) is 5.92 Å². The average molecular weight is 347 g/mol. The van der Waals surface area contributed by atoms with Crippen molar-refractivity contribution < 1.29 is 9.53 Å². The minimum atomic E-state index is -0.235. The van der Waals surface area contributed by atoms with E-state index in [0.717, 1.165) is 33.3 Å². The molecule has 0 aliphatic heterocycles. The number of carbonyl (C=O) groups excluding carboxylic acids is 1. The fourth-order valence-corrected chi connectivity index (χ4v) is 3.15. The van der Waals surface area contributed by atoms with E-state index in [1.54, 1.807) is 7.11 Å². The molecule has 1 N–H and O–H groups in total. The molecular weight excluding hydrogens is 322 g/mol. The highest BCUT2D eigenvalue weighted by molar-refractivity contribution is 5.97. The predicted octanol–water partition coefficient (Wildman–Crippen LogP) is 5.71. The molecule has 0 bridgehead atoms. The highest BCUT2D eigenvalue weighted by Crippen LogP contribution is 2.28. The molecule has 0 aromatic heterocycles. The first kappa shape index (κ1) is 18.0. The van der Waals surface area contributed by atoms with Crippen LogP contribution in [0.15, 0.2) is 60.7 Å². The van der Waals surface area contributed by atoms with Crippen LogP contribution in [0.2, 0.25) is 0 Å². The number of benzene rings is 3. The van der Waals surface area contributed by atoms with Gasteiger partial charge in [-0.3, -0.25) is 4.79 Å². The minimum absolute atomic E-state index is 0.00552. The van der Waals surface area contributed by atoms with Crippen molar-refractivity contribution in [2.45, 2.75) is 32.6 Å². The summed E-state index contributed by atoms with van der Waals surface area (Å²) < 4.78 is 5.27. The third-order valence-corrected chi connectivity index (χ3v) is 4.81. The standard InChI is InChI=1S/C23H25NO2/c1-15(2)21-7-5-6-8-22(21)24-23(25)16(3)17-9-10-19-14-20(26-4)12-11-18(19)13-17/h5-16H,1-4H3,(H,24,25)/t16-/m0/s1. The zero-order chi connectivity index (χ0) is 18.7. The Balaban J connectivity index is 1.83. The van der Waals surface area contributed by atoms with Crippen LogP contribution in [-0.4, -0.2) is 13.0 Å². The van der Waals surface area contributed by atoms with Crippen molar-refractivity contribution in [3.05, 3.63) is 71.8 Å². The highest BCUT2D eigenvalue weighted by atomic mass is 16.5. The smallest absolute Gasteiger partial charge is 0.231 e. The van der Waals surface area contributed by atoms with Gasteiger partial charge < -0.3 is 10.1 Å². The Kier molecular flexibility index (Phi) is 5.27. The van der Waals surface area contributed by atoms with E-state index < -0.39 is 0 Å². The molecule has 3 aromatic carbocycles. The number of ether oxygens (including phenoxy) is 1. The Morgan fingerprint density at radius 1 is 0.923 bits per heavy atom. The van der Waals surface area contributed by atoms with Crippen LogP contribution in [0.4, 0.5) is 5.69 Å². The molecule has 1 atom stereocenters. The molecule has 0 saturated heterocycles. The molecule has 3 aromatic rings. The predicted molar refractivity (Wildman–Crippen MR) is 108 cm³/mol. The van der Waals surface area contributed by atoms with Crippen molar-refractivity contribution in [3.8, 4) is 5.75 Å². The number of anilines is 1. The second-order valence-corrected chi connectivity index (χ2v) is 6.93. The van der Waals surface area contributed by atoms with E-state index in [1.807, 2.05) is 55.5 Å². The monoisotopic (exact) mass is 347 g/mol. The lowest BCUT2D eigenvalue weighted by Gasteiger charge is -2.17. The molecule has 0 fully saturated rings.